The third-order valence-electron chi connectivity index (χ3n) is 4.40. The molecule has 0 aliphatic heterocycles. The van der Waals surface area contributed by atoms with Gasteiger partial charge < -0.3 is 0 Å². The van der Waals surface area contributed by atoms with E-state index in [2.05, 4.69) is 5.43 Å². The van der Waals surface area contributed by atoms with Gasteiger partial charge in [0.15, 0.2) is 0 Å². The lowest BCUT2D eigenvalue weighted by molar-refractivity contribution is 0.312. The van der Waals surface area contributed by atoms with Gasteiger partial charge in [-0.2, -0.15) is 0 Å². The second-order valence-electron chi connectivity index (χ2n) is 5.85. The van der Waals surface area contributed by atoms with Gasteiger partial charge in [-0.1, -0.05) is 49.8 Å². The summed E-state index contributed by atoms with van der Waals surface area (Å²) in [6, 6.07) is 4.91. The predicted molar refractivity (Wildman–Crippen MR) is 82.0 cm³/mol. The Morgan fingerprint density at radius 2 is 2.05 bits per heavy atom. The van der Waals surface area contributed by atoms with Crippen molar-refractivity contribution in [3.8, 4) is 0 Å². The molecule has 1 aliphatic carbocycles. The lowest BCUT2D eigenvalue weighted by Crippen LogP contribution is -2.37. The number of nitrogens with two attached hydrogens (primary N) is 1. The third-order valence-corrected chi connectivity index (χ3v) is 4.75. The molecule has 112 valence electrons. The van der Waals surface area contributed by atoms with Gasteiger partial charge in [0, 0.05) is 16.6 Å². The Bertz CT molecular complexity index is 399. The molecule has 0 bridgehead atoms. The lowest BCUT2D eigenvalue weighted by atomic mass is 9.84. The van der Waals surface area contributed by atoms with Crippen LogP contribution in [-0.2, 0) is 6.42 Å². The fraction of sp³-hybridized carbons (Fsp3) is 0.625. The van der Waals surface area contributed by atoms with Crippen LogP contribution < -0.4 is 11.3 Å². The second kappa shape index (κ2) is 7.96. The zero-order valence-electron chi connectivity index (χ0n) is 11.9. The van der Waals surface area contributed by atoms with Crippen LogP contribution in [0.4, 0.5) is 4.39 Å². The largest absolute Gasteiger partial charge is 0.271 e. The predicted octanol–water partition coefficient (Wildman–Crippen LogP) is 4.21. The highest BCUT2D eigenvalue weighted by Crippen LogP contribution is 2.28. The summed E-state index contributed by atoms with van der Waals surface area (Å²) in [7, 11) is 0. The fourth-order valence-corrected chi connectivity index (χ4v) is 3.37. The van der Waals surface area contributed by atoms with E-state index < -0.39 is 0 Å². The van der Waals surface area contributed by atoms with Gasteiger partial charge in [0.2, 0.25) is 0 Å². The van der Waals surface area contributed by atoms with Crippen LogP contribution in [0, 0.1) is 11.7 Å². The summed E-state index contributed by atoms with van der Waals surface area (Å²) in [5, 5.41) is 0.489. The van der Waals surface area contributed by atoms with E-state index in [0.717, 1.165) is 12.3 Å². The normalized spacial score (nSPS) is 18.1. The van der Waals surface area contributed by atoms with E-state index in [0.29, 0.717) is 17.0 Å². The molecule has 0 saturated heterocycles. The number of hydrogen-bond acceptors (Lipinski definition) is 2. The van der Waals surface area contributed by atoms with Crippen LogP contribution >= 0.6 is 11.6 Å². The summed E-state index contributed by atoms with van der Waals surface area (Å²) in [4.78, 5) is 0. The summed E-state index contributed by atoms with van der Waals surface area (Å²) in [5.41, 5.74) is 3.39. The molecule has 3 N–H and O–H groups in total. The average Bonchev–Trinajstić information content (AvgIpc) is 2.47. The number of benzene rings is 1. The van der Waals surface area contributed by atoms with Crippen molar-refractivity contribution in [1.82, 2.24) is 5.43 Å². The zero-order valence-corrected chi connectivity index (χ0v) is 12.6. The van der Waals surface area contributed by atoms with Crippen LogP contribution in [0.25, 0.3) is 0 Å². The molecule has 0 radical (unpaired) electrons. The molecule has 1 atom stereocenters. The number of hydrazine groups is 1. The quantitative estimate of drug-likeness (QED) is 0.610. The van der Waals surface area contributed by atoms with Crippen LogP contribution in [0.2, 0.25) is 5.02 Å². The minimum Gasteiger partial charge on any atom is -0.271 e. The Hall–Kier alpha value is -0.640. The minimum absolute atomic E-state index is 0.0892. The maximum absolute atomic E-state index is 13.8. The first-order chi connectivity index (χ1) is 9.70. The molecule has 2 nitrogen and oxygen atoms in total. The van der Waals surface area contributed by atoms with Crippen LogP contribution in [0.3, 0.4) is 0 Å². The third kappa shape index (κ3) is 4.44. The molecule has 2 rings (SSSR count). The van der Waals surface area contributed by atoms with Crippen molar-refractivity contribution in [2.24, 2.45) is 11.8 Å². The van der Waals surface area contributed by atoms with Crippen molar-refractivity contribution >= 4 is 11.6 Å². The zero-order chi connectivity index (χ0) is 14.4. The maximum Gasteiger partial charge on any atom is 0.127 e. The van der Waals surface area contributed by atoms with Gasteiger partial charge in [-0.05, 0) is 37.3 Å². The lowest BCUT2D eigenvalue weighted by Gasteiger charge is -2.24. The first-order valence-electron chi connectivity index (χ1n) is 7.59. The van der Waals surface area contributed by atoms with Crippen molar-refractivity contribution in [2.45, 2.75) is 57.4 Å². The number of halogens is 2. The highest BCUT2D eigenvalue weighted by molar-refractivity contribution is 6.31. The number of nitrogens with one attached hydrogen (secondary N) is 1. The second-order valence-corrected chi connectivity index (χ2v) is 6.26. The summed E-state index contributed by atoms with van der Waals surface area (Å²) in [6.07, 6.45) is 9.44. The van der Waals surface area contributed by atoms with E-state index in [-0.39, 0.29) is 11.9 Å². The van der Waals surface area contributed by atoms with Gasteiger partial charge in [-0.25, -0.2) is 4.39 Å². The summed E-state index contributed by atoms with van der Waals surface area (Å²) in [6.45, 7) is 0. The molecular weight excluding hydrogens is 275 g/mol. The summed E-state index contributed by atoms with van der Waals surface area (Å²) < 4.78 is 13.8. The van der Waals surface area contributed by atoms with Gasteiger partial charge in [-0.15, -0.1) is 0 Å². The first-order valence-corrected chi connectivity index (χ1v) is 7.97. The van der Waals surface area contributed by atoms with Crippen LogP contribution in [0.5, 0.6) is 0 Å². The van der Waals surface area contributed by atoms with Crippen LogP contribution in [0.1, 0.15) is 50.5 Å². The standard InChI is InChI=1S/C16H24ClFN2/c17-15-7-4-8-16(18)14(15)11-13(20-19)10-9-12-5-2-1-3-6-12/h4,7-8,12-13,20H,1-3,5-6,9-11,19H2. The maximum atomic E-state index is 13.8. The van der Waals surface area contributed by atoms with E-state index >= 15 is 0 Å². The Morgan fingerprint density at radius 1 is 1.30 bits per heavy atom. The molecule has 1 unspecified atom stereocenters. The van der Waals surface area contributed by atoms with Crippen molar-refractivity contribution in [3.63, 3.8) is 0 Å². The SMILES string of the molecule is NNC(CCC1CCCCC1)Cc1c(F)cccc1Cl. The molecule has 1 aliphatic rings. The van der Waals surface area contributed by atoms with E-state index in [1.54, 1.807) is 12.1 Å². The Morgan fingerprint density at radius 3 is 2.70 bits per heavy atom. The highest BCUT2D eigenvalue weighted by Gasteiger charge is 2.18. The monoisotopic (exact) mass is 298 g/mol. The molecule has 1 aromatic carbocycles. The molecule has 0 amide bonds. The highest BCUT2D eigenvalue weighted by atomic mass is 35.5. The van der Waals surface area contributed by atoms with Crippen molar-refractivity contribution < 1.29 is 4.39 Å². The molecule has 1 saturated carbocycles. The molecule has 0 spiro atoms. The van der Waals surface area contributed by atoms with Crippen LogP contribution in [0.15, 0.2) is 18.2 Å². The molecule has 1 fully saturated rings. The average molecular weight is 299 g/mol. The van der Waals surface area contributed by atoms with Gasteiger partial charge in [0.1, 0.15) is 5.82 Å². The molecule has 1 aromatic rings. The number of hydrogen-bond donors (Lipinski definition) is 2. The Balaban J connectivity index is 1.88. The van der Waals surface area contributed by atoms with Crippen LogP contribution in [-0.4, -0.2) is 6.04 Å². The van der Waals surface area contributed by atoms with Gasteiger partial charge in [0.25, 0.3) is 0 Å². The van der Waals surface area contributed by atoms with Crippen molar-refractivity contribution in [3.05, 3.63) is 34.6 Å². The Labute approximate surface area is 125 Å². The summed E-state index contributed by atoms with van der Waals surface area (Å²) >= 11 is 6.07. The molecular formula is C16H24ClFN2. The minimum atomic E-state index is -0.240. The Kier molecular flexibility index (Phi) is 6.27. The van der Waals surface area contributed by atoms with Crippen molar-refractivity contribution in [1.29, 1.82) is 0 Å². The molecule has 0 heterocycles. The smallest absolute Gasteiger partial charge is 0.127 e. The fourth-order valence-electron chi connectivity index (χ4n) is 3.13. The van der Waals surface area contributed by atoms with Crippen molar-refractivity contribution in [2.75, 3.05) is 0 Å². The van der Waals surface area contributed by atoms with E-state index in [9.17, 15) is 4.39 Å². The molecule has 0 aromatic heterocycles. The van der Waals surface area contributed by atoms with E-state index in [1.807, 2.05) is 0 Å². The van der Waals surface area contributed by atoms with Gasteiger partial charge in [-0.3, -0.25) is 11.3 Å². The van der Waals surface area contributed by atoms with E-state index in [1.165, 1.54) is 44.6 Å². The van der Waals surface area contributed by atoms with Gasteiger partial charge >= 0.3 is 0 Å². The molecule has 4 heteroatoms. The topological polar surface area (TPSA) is 38.0 Å². The molecule has 20 heavy (non-hydrogen) atoms. The first kappa shape index (κ1) is 15.7. The summed E-state index contributed by atoms with van der Waals surface area (Å²) in [5.74, 6) is 6.20. The number of rotatable bonds is 6. The van der Waals surface area contributed by atoms with Gasteiger partial charge in [0.05, 0.1) is 0 Å². The van der Waals surface area contributed by atoms with E-state index in [4.69, 9.17) is 17.4 Å².